The second kappa shape index (κ2) is 5.44. The van der Waals surface area contributed by atoms with Gasteiger partial charge in [-0.25, -0.2) is 4.39 Å². The maximum atomic E-state index is 13.2. The lowest BCUT2D eigenvalue weighted by atomic mass is 9.83. The Labute approximate surface area is 97.3 Å². The lowest BCUT2D eigenvalue weighted by Crippen LogP contribution is -2.26. The van der Waals surface area contributed by atoms with E-state index in [-0.39, 0.29) is 5.82 Å². The monoisotopic (exact) mass is 224 g/mol. The van der Waals surface area contributed by atoms with Crippen LogP contribution < -0.4 is 0 Å². The maximum absolute atomic E-state index is 13.2. The van der Waals surface area contributed by atoms with Crippen LogP contribution in [-0.2, 0) is 5.60 Å². The van der Waals surface area contributed by atoms with E-state index in [4.69, 9.17) is 0 Å². The van der Waals surface area contributed by atoms with Crippen molar-refractivity contribution in [1.82, 2.24) is 0 Å². The van der Waals surface area contributed by atoms with E-state index in [9.17, 15) is 9.50 Å². The predicted molar refractivity (Wildman–Crippen MR) is 64.8 cm³/mol. The van der Waals surface area contributed by atoms with Crippen LogP contribution in [-0.4, -0.2) is 5.11 Å². The fraction of sp³-hybridized carbons (Fsp3) is 0.571. The molecule has 1 rings (SSSR count). The van der Waals surface area contributed by atoms with Gasteiger partial charge in [0.05, 0.1) is 5.60 Å². The summed E-state index contributed by atoms with van der Waals surface area (Å²) in [6.07, 6.45) is 3.16. The fourth-order valence-corrected chi connectivity index (χ4v) is 2.32. The topological polar surface area (TPSA) is 20.2 Å². The Balaban J connectivity index is 3.14. The van der Waals surface area contributed by atoms with E-state index in [0.29, 0.717) is 12.8 Å². The molecule has 0 aromatic heterocycles. The standard InChI is InChI=1S/C14H21FO/c1-4-8-14(16,9-5-2)13-10-12(15)7-6-11(13)3/h6-7,10,16H,4-5,8-9H2,1-3H3. The summed E-state index contributed by atoms with van der Waals surface area (Å²) in [5.41, 5.74) is 0.845. The third-order valence-electron chi connectivity index (χ3n) is 3.03. The van der Waals surface area contributed by atoms with E-state index in [1.807, 2.05) is 20.8 Å². The first-order valence-electron chi connectivity index (χ1n) is 6.02. The lowest BCUT2D eigenvalue weighted by molar-refractivity contribution is 0.0161. The number of hydrogen-bond acceptors (Lipinski definition) is 1. The van der Waals surface area contributed by atoms with E-state index in [0.717, 1.165) is 24.0 Å². The number of rotatable bonds is 5. The molecule has 0 saturated heterocycles. The Morgan fingerprint density at radius 2 is 1.75 bits per heavy atom. The van der Waals surface area contributed by atoms with E-state index in [1.54, 1.807) is 6.07 Å². The Bertz CT molecular complexity index is 341. The summed E-state index contributed by atoms with van der Waals surface area (Å²) in [6.45, 7) is 6.00. The molecule has 1 nitrogen and oxygen atoms in total. The van der Waals surface area contributed by atoms with Gasteiger partial charge in [-0.1, -0.05) is 32.8 Å². The van der Waals surface area contributed by atoms with Crippen LogP contribution in [0.4, 0.5) is 4.39 Å². The molecule has 0 aliphatic rings. The highest BCUT2D eigenvalue weighted by atomic mass is 19.1. The molecule has 1 N–H and O–H groups in total. The van der Waals surface area contributed by atoms with Crippen LogP contribution in [0.25, 0.3) is 0 Å². The van der Waals surface area contributed by atoms with Crippen molar-refractivity contribution < 1.29 is 9.50 Å². The van der Waals surface area contributed by atoms with Gasteiger partial charge in [0.25, 0.3) is 0 Å². The van der Waals surface area contributed by atoms with Gasteiger partial charge >= 0.3 is 0 Å². The number of hydrogen-bond donors (Lipinski definition) is 1. The van der Waals surface area contributed by atoms with Crippen LogP contribution in [0.2, 0.25) is 0 Å². The summed E-state index contributed by atoms with van der Waals surface area (Å²) in [7, 11) is 0. The minimum Gasteiger partial charge on any atom is -0.385 e. The lowest BCUT2D eigenvalue weighted by Gasteiger charge is -2.29. The van der Waals surface area contributed by atoms with Gasteiger partial charge in [0.1, 0.15) is 5.82 Å². The van der Waals surface area contributed by atoms with Crippen molar-refractivity contribution in [3.8, 4) is 0 Å². The van der Waals surface area contributed by atoms with Crippen LogP contribution in [0, 0.1) is 12.7 Å². The Morgan fingerprint density at radius 1 is 1.19 bits per heavy atom. The van der Waals surface area contributed by atoms with Gasteiger partial charge in [-0.2, -0.15) is 0 Å². The Kier molecular flexibility index (Phi) is 4.48. The highest BCUT2D eigenvalue weighted by molar-refractivity contribution is 5.32. The van der Waals surface area contributed by atoms with Gasteiger partial charge in [-0.3, -0.25) is 0 Å². The third-order valence-corrected chi connectivity index (χ3v) is 3.03. The zero-order valence-electron chi connectivity index (χ0n) is 10.4. The van der Waals surface area contributed by atoms with Crippen molar-refractivity contribution in [3.05, 3.63) is 35.1 Å². The van der Waals surface area contributed by atoms with Gasteiger partial charge in [0.2, 0.25) is 0 Å². The van der Waals surface area contributed by atoms with Crippen LogP contribution in [0.1, 0.15) is 50.7 Å². The minimum absolute atomic E-state index is 0.272. The Morgan fingerprint density at radius 3 is 2.25 bits per heavy atom. The number of aryl methyl sites for hydroxylation is 1. The molecule has 0 amide bonds. The van der Waals surface area contributed by atoms with Gasteiger partial charge in [-0.15, -0.1) is 0 Å². The molecule has 0 atom stereocenters. The summed E-state index contributed by atoms with van der Waals surface area (Å²) < 4.78 is 13.2. The van der Waals surface area contributed by atoms with Gasteiger partial charge in [0, 0.05) is 0 Å². The average molecular weight is 224 g/mol. The summed E-state index contributed by atoms with van der Waals surface area (Å²) in [5.74, 6) is -0.272. The van der Waals surface area contributed by atoms with Crippen molar-refractivity contribution in [2.24, 2.45) is 0 Å². The second-order valence-corrected chi connectivity index (χ2v) is 4.49. The molecule has 1 aromatic rings. The molecule has 90 valence electrons. The van der Waals surface area contributed by atoms with E-state index in [1.165, 1.54) is 12.1 Å². The van der Waals surface area contributed by atoms with Crippen LogP contribution in [0.5, 0.6) is 0 Å². The van der Waals surface area contributed by atoms with E-state index < -0.39 is 5.60 Å². The molecule has 0 fully saturated rings. The zero-order valence-corrected chi connectivity index (χ0v) is 10.4. The molecule has 0 saturated carbocycles. The van der Waals surface area contributed by atoms with Crippen molar-refractivity contribution in [2.45, 2.75) is 52.1 Å². The summed E-state index contributed by atoms with van der Waals surface area (Å²) in [4.78, 5) is 0. The molecule has 0 aliphatic carbocycles. The van der Waals surface area contributed by atoms with Gasteiger partial charge < -0.3 is 5.11 Å². The molecule has 0 aliphatic heterocycles. The third kappa shape index (κ3) is 2.82. The quantitative estimate of drug-likeness (QED) is 0.803. The van der Waals surface area contributed by atoms with E-state index in [2.05, 4.69) is 0 Å². The molecule has 0 radical (unpaired) electrons. The van der Waals surface area contributed by atoms with Crippen molar-refractivity contribution in [3.63, 3.8) is 0 Å². The van der Waals surface area contributed by atoms with Crippen LogP contribution in [0.3, 0.4) is 0 Å². The van der Waals surface area contributed by atoms with Crippen molar-refractivity contribution in [2.75, 3.05) is 0 Å². The first-order valence-corrected chi connectivity index (χ1v) is 6.02. The van der Waals surface area contributed by atoms with Crippen LogP contribution >= 0.6 is 0 Å². The molecular weight excluding hydrogens is 203 g/mol. The first-order chi connectivity index (χ1) is 7.53. The molecule has 1 aromatic carbocycles. The van der Waals surface area contributed by atoms with Gasteiger partial charge in [0.15, 0.2) is 0 Å². The number of benzene rings is 1. The summed E-state index contributed by atoms with van der Waals surface area (Å²) in [6, 6.07) is 4.65. The molecule has 0 heterocycles. The SMILES string of the molecule is CCCC(O)(CCC)c1cc(F)ccc1C. The number of halogens is 1. The second-order valence-electron chi connectivity index (χ2n) is 4.49. The highest BCUT2D eigenvalue weighted by Crippen LogP contribution is 2.33. The number of aliphatic hydroxyl groups is 1. The van der Waals surface area contributed by atoms with Gasteiger partial charge in [-0.05, 0) is 43.0 Å². The normalized spacial score (nSPS) is 11.8. The molecule has 0 bridgehead atoms. The molecule has 0 spiro atoms. The van der Waals surface area contributed by atoms with E-state index >= 15 is 0 Å². The summed E-state index contributed by atoms with van der Waals surface area (Å²) in [5, 5.41) is 10.6. The largest absolute Gasteiger partial charge is 0.385 e. The molecule has 16 heavy (non-hydrogen) atoms. The molecular formula is C14H21FO. The molecule has 0 unspecified atom stereocenters. The molecule has 2 heteroatoms. The smallest absolute Gasteiger partial charge is 0.123 e. The van der Waals surface area contributed by atoms with Crippen molar-refractivity contribution in [1.29, 1.82) is 0 Å². The predicted octanol–water partition coefficient (Wildman–Crippen LogP) is 3.92. The highest BCUT2D eigenvalue weighted by Gasteiger charge is 2.28. The fourth-order valence-electron chi connectivity index (χ4n) is 2.32. The maximum Gasteiger partial charge on any atom is 0.123 e. The Hall–Kier alpha value is -0.890. The zero-order chi connectivity index (χ0) is 12.2. The summed E-state index contributed by atoms with van der Waals surface area (Å²) >= 11 is 0. The van der Waals surface area contributed by atoms with Crippen molar-refractivity contribution >= 4 is 0 Å². The first kappa shape index (κ1) is 13.2. The average Bonchev–Trinajstić information content (AvgIpc) is 2.22. The van der Waals surface area contributed by atoms with Crippen LogP contribution in [0.15, 0.2) is 18.2 Å². The minimum atomic E-state index is -0.865.